The lowest BCUT2D eigenvalue weighted by Crippen LogP contribution is -2.40. The number of pyridine rings is 8. The fraction of sp³-hybridized carbons (Fsp3) is 0.310. The Morgan fingerprint density at radius 2 is 0.500 bits per heavy atom. The number of nitrogens with zero attached hydrogens (tertiary/aromatic N) is 12. The van der Waals surface area contributed by atoms with E-state index in [2.05, 4.69) is 39.5 Å². The van der Waals surface area contributed by atoms with Gasteiger partial charge >= 0.3 is 0 Å². The summed E-state index contributed by atoms with van der Waals surface area (Å²) in [4.78, 5) is 45.5. The molecule has 0 aromatic carbocycles. The topological polar surface area (TPSA) is 157 Å². The zero-order chi connectivity index (χ0) is 50.3. The molecule has 8 heterocycles. The monoisotopic (exact) mass is 965 g/mol. The van der Waals surface area contributed by atoms with Crippen LogP contribution in [-0.4, -0.2) is 108 Å². The maximum absolute atomic E-state index is 11.4. The van der Waals surface area contributed by atoms with Crippen molar-refractivity contribution >= 4 is 0 Å². The van der Waals surface area contributed by atoms with E-state index in [1.807, 2.05) is 173 Å². The average molecular weight is 965 g/mol. The third kappa shape index (κ3) is 18.9. The Balaban J connectivity index is 0.000000213. The van der Waals surface area contributed by atoms with Crippen molar-refractivity contribution in [1.82, 2.24) is 59.5 Å². The van der Waals surface area contributed by atoms with Crippen LogP contribution >= 0.6 is 0 Å². The molecule has 14 nitrogen and oxygen atoms in total. The molecular formula is C58H68N12O2. The van der Waals surface area contributed by atoms with Gasteiger partial charge in [-0.3, -0.25) is 59.5 Å². The average Bonchev–Trinajstić information content (AvgIpc) is 3.35. The van der Waals surface area contributed by atoms with E-state index in [-0.39, 0.29) is 0 Å². The zero-order valence-corrected chi connectivity index (χ0v) is 42.1. The van der Waals surface area contributed by atoms with Crippen molar-refractivity contribution < 1.29 is 10.2 Å². The van der Waals surface area contributed by atoms with Crippen LogP contribution < -0.4 is 0 Å². The molecule has 0 aliphatic carbocycles. The summed E-state index contributed by atoms with van der Waals surface area (Å²) in [6.45, 7) is 15.0. The highest BCUT2D eigenvalue weighted by Crippen LogP contribution is 2.15. The number of rotatable bonds is 24. The van der Waals surface area contributed by atoms with Gasteiger partial charge in [0.15, 0.2) is 0 Å². The summed E-state index contributed by atoms with van der Waals surface area (Å²) < 4.78 is 0. The molecule has 8 aromatic rings. The lowest BCUT2D eigenvalue weighted by molar-refractivity contribution is 0.0611. The SMILES string of the molecule is Cc1cccc(CN(Cc2cccc(C)n2)CC(O)CN(Cc2cccc(C)n2)Cc2cccc(C)n2)n1.OC(CN(Cc1ccccn1)Cc1ccccn1)CN(Cc1ccccn1)Cc1ccccn1. The fourth-order valence-corrected chi connectivity index (χ4v) is 8.60. The van der Waals surface area contributed by atoms with Crippen LogP contribution in [-0.2, 0) is 52.4 Å². The van der Waals surface area contributed by atoms with Crippen molar-refractivity contribution in [2.75, 3.05) is 26.2 Å². The van der Waals surface area contributed by atoms with Crippen LogP contribution in [0.1, 0.15) is 68.3 Å². The van der Waals surface area contributed by atoms with E-state index in [1.165, 1.54) is 0 Å². The maximum atomic E-state index is 11.4. The molecule has 0 aliphatic rings. The fourth-order valence-electron chi connectivity index (χ4n) is 8.60. The van der Waals surface area contributed by atoms with Gasteiger partial charge in [-0.25, -0.2) is 0 Å². The summed E-state index contributed by atoms with van der Waals surface area (Å²) >= 11 is 0. The lowest BCUT2D eigenvalue weighted by Gasteiger charge is -2.29. The lowest BCUT2D eigenvalue weighted by atomic mass is 10.2. The third-order valence-electron chi connectivity index (χ3n) is 11.6. The van der Waals surface area contributed by atoms with Crippen LogP contribution in [0.15, 0.2) is 170 Å². The third-order valence-corrected chi connectivity index (χ3v) is 11.6. The Labute approximate surface area is 425 Å². The van der Waals surface area contributed by atoms with E-state index in [0.717, 1.165) is 68.3 Å². The van der Waals surface area contributed by atoms with Crippen LogP contribution in [0.25, 0.3) is 0 Å². The molecule has 72 heavy (non-hydrogen) atoms. The summed E-state index contributed by atoms with van der Waals surface area (Å²) in [5.41, 5.74) is 11.7. The first kappa shape index (κ1) is 52.8. The van der Waals surface area contributed by atoms with Gasteiger partial charge in [0, 0.05) is 126 Å². The Hall–Kier alpha value is -7.04. The molecule has 0 saturated heterocycles. The number of aliphatic hydroxyl groups excluding tert-OH is 2. The minimum absolute atomic E-state index is 0.490. The quantitative estimate of drug-likeness (QED) is 0.0603. The van der Waals surface area contributed by atoms with E-state index < -0.39 is 12.2 Å². The van der Waals surface area contributed by atoms with Crippen molar-refractivity contribution in [3.8, 4) is 0 Å². The second-order valence-corrected chi connectivity index (χ2v) is 18.4. The minimum Gasteiger partial charge on any atom is -0.390 e. The number of aliphatic hydroxyl groups is 2. The molecule has 8 rings (SSSR count). The van der Waals surface area contributed by atoms with Crippen molar-refractivity contribution in [3.05, 3.63) is 239 Å². The molecule has 0 atom stereocenters. The normalized spacial score (nSPS) is 11.5. The van der Waals surface area contributed by atoms with Crippen molar-refractivity contribution in [2.45, 2.75) is 92.3 Å². The number of hydrogen-bond acceptors (Lipinski definition) is 14. The molecule has 0 saturated carbocycles. The van der Waals surface area contributed by atoms with Gasteiger partial charge in [-0.15, -0.1) is 0 Å². The smallest absolute Gasteiger partial charge is 0.0794 e. The molecular weight excluding hydrogens is 897 g/mol. The molecule has 0 amide bonds. The van der Waals surface area contributed by atoms with E-state index >= 15 is 0 Å². The van der Waals surface area contributed by atoms with Crippen molar-refractivity contribution in [1.29, 1.82) is 0 Å². The Morgan fingerprint density at radius 3 is 0.694 bits per heavy atom. The minimum atomic E-state index is -0.584. The highest BCUT2D eigenvalue weighted by atomic mass is 16.3. The second-order valence-electron chi connectivity index (χ2n) is 18.4. The van der Waals surface area contributed by atoms with E-state index in [0.29, 0.717) is 78.5 Å². The maximum Gasteiger partial charge on any atom is 0.0794 e. The van der Waals surface area contributed by atoms with Gasteiger partial charge in [-0.1, -0.05) is 48.5 Å². The molecule has 2 N–H and O–H groups in total. The first-order chi connectivity index (χ1) is 35.1. The van der Waals surface area contributed by atoms with Gasteiger partial charge in [0.2, 0.25) is 0 Å². The van der Waals surface area contributed by atoms with E-state index in [1.54, 1.807) is 24.8 Å². The largest absolute Gasteiger partial charge is 0.390 e. The van der Waals surface area contributed by atoms with Crippen LogP contribution in [0.3, 0.4) is 0 Å². The molecule has 0 bridgehead atoms. The van der Waals surface area contributed by atoms with Gasteiger partial charge in [-0.05, 0) is 125 Å². The summed E-state index contributed by atoms with van der Waals surface area (Å²) in [6.07, 6.45) is 6.04. The van der Waals surface area contributed by atoms with Crippen molar-refractivity contribution in [3.63, 3.8) is 0 Å². The predicted molar refractivity (Wildman–Crippen MR) is 281 cm³/mol. The molecule has 0 radical (unpaired) electrons. The molecule has 0 spiro atoms. The molecule has 0 unspecified atom stereocenters. The molecule has 0 aliphatic heterocycles. The standard InChI is InChI=1S/C31H38N6O.C27H30N6O/c1-23-9-5-13-27(32-23)17-36(18-28-14-6-10-24(2)33-28)21-31(38)22-37(19-29-15-7-11-25(3)34-29)20-30-16-8-12-26(4)35-30;34-27(21-32(17-23-9-1-5-13-28-23)18-24-10-2-6-14-29-24)22-33(19-25-11-3-7-15-30-25)20-26-12-4-8-16-31-26/h5-16,31,38H,17-22H2,1-4H3;1-16,27,34H,17-22H2. The zero-order valence-electron chi connectivity index (χ0n) is 42.1. The summed E-state index contributed by atoms with van der Waals surface area (Å²) in [6, 6.07) is 47.9. The molecule has 372 valence electrons. The van der Waals surface area contributed by atoms with Crippen LogP contribution in [0.4, 0.5) is 0 Å². The predicted octanol–water partition coefficient (Wildman–Crippen LogP) is 7.90. The van der Waals surface area contributed by atoms with Gasteiger partial charge < -0.3 is 10.2 Å². The Bertz CT molecular complexity index is 2430. The summed E-state index contributed by atoms with van der Waals surface area (Å²) in [5, 5.41) is 22.5. The first-order valence-corrected chi connectivity index (χ1v) is 24.6. The number of aromatic nitrogens is 8. The molecule has 14 heteroatoms. The molecule has 8 aromatic heterocycles. The van der Waals surface area contributed by atoms with Crippen LogP contribution in [0.2, 0.25) is 0 Å². The van der Waals surface area contributed by atoms with Crippen LogP contribution in [0.5, 0.6) is 0 Å². The highest BCUT2D eigenvalue weighted by Gasteiger charge is 2.21. The van der Waals surface area contributed by atoms with Crippen molar-refractivity contribution in [2.24, 2.45) is 0 Å². The second kappa shape index (κ2) is 28.1. The summed E-state index contributed by atoms with van der Waals surface area (Å²) in [5.74, 6) is 0. The number of hydrogen-bond donors (Lipinski definition) is 2. The van der Waals surface area contributed by atoms with E-state index in [9.17, 15) is 10.2 Å². The van der Waals surface area contributed by atoms with Crippen LogP contribution in [0, 0.1) is 27.7 Å². The highest BCUT2D eigenvalue weighted by molar-refractivity contribution is 5.15. The first-order valence-electron chi connectivity index (χ1n) is 24.6. The van der Waals surface area contributed by atoms with Gasteiger partial charge in [0.05, 0.1) is 57.8 Å². The Kier molecular flexibility index (Phi) is 20.6. The van der Waals surface area contributed by atoms with Gasteiger partial charge in [-0.2, -0.15) is 0 Å². The number of aryl methyl sites for hydroxylation is 4. The van der Waals surface area contributed by atoms with Gasteiger partial charge in [0.1, 0.15) is 0 Å². The van der Waals surface area contributed by atoms with E-state index in [4.69, 9.17) is 19.9 Å². The molecule has 0 fully saturated rings. The Morgan fingerprint density at radius 1 is 0.292 bits per heavy atom. The van der Waals surface area contributed by atoms with Gasteiger partial charge in [0.25, 0.3) is 0 Å². The summed E-state index contributed by atoms with van der Waals surface area (Å²) in [7, 11) is 0.